The molecule has 1 aromatic carbocycles. The quantitative estimate of drug-likeness (QED) is 0.428. The fourth-order valence-electron chi connectivity index (χ4n) is 7.01. The van der Waals surface area contributed by atoms with Crippen molar-refractivity contribution in [3.05, 3.63) is 64.8 Å². The van der Waals surface area contributed by atoms with E-state index in [9.17, 15) is 4.79 Å². The highest BCUT2D eigenvalue weighted by Gasteiger charge is 2.60. The van der Waals surface area contributed by atoms with Crippen LogP contribution in [0.5, 0.6) is 0 Å². The minimum atomic E-state index is -0.265. The summed E-state index contributed by atoms with van der Waals surface area (Å²) in [5, 5.41) is 0. The molecule has 35 heavy (non-hydrogen) atoms. The molecule has 0 amide bonds. The molecule has 1 heterocycles. The maximum absolute atomic E-state index is 12.2. The third-order valence-electron chi connectivity index (χ3n) is 9.47. The van der Waals surface area contributed by atoms with Crippen molar-refractivity contribution in [1.82, 2.24) is 0 Å². The van der Waals surface area contributed by atoms with Crippen LogP contribution in [-0.2, 0) is 14.3 Å². The number of ketones is 1. The van der Waals surface area contributed by atoms with Gasteiger partial charge in [-0.05, 0) is 96.9 Å². The molecule has 2 fully saturated rings. The van der Waals surface area contributed by atoms with Gasteiger partial charge in [0.25, 0.3) is 0 Å². The molecule has 1 aliphatic heterocycles. The van der Waals surface area contributed by atoms with Crippen molar-refractivity contribution in [1.29, 1.82) is 0 Å². The first-order valence-electron chi connectivity index (χ1n) is 13.4. The maximum atomic E-state index is 12.2. The highest BCUT2D eigenvalue weighted by molar-refractivity contribution is 5.93. The fraction of sp³-hybridized carbons (Fsp3) is 0.581. The number of hydrogen-bond acceptors (Lipinski definition) is 4. The average molecular weight is 476 g/mol. The number of hydrogen-bond donors (Lipinski definition) is 0. The van der Waals surface area contributed by atoms with Gasteiger partial charge in [0, 0.05) is 31.6 Å². The van der Waals surface area contributed by atoms with Gasteiger partial charge in [-0.2, -0.15) is 0 Å². The third kappa shape index (κ3) is 4.13. The standard InChI is InChI=1S/C31H41NO3/c1-21-15-17-31(22(2)16-18-35-31)30(21,3)20-34-29(23-9-11-25(12-10-23)32(4)5)28-8-6-7-24-19-26(33)13-14-27(24)28/h9-12,19,21,29H,2,6-8,13-18,20H2,1,3-5H3/t21?,29-,30+,31?/m1/s1. The van der Waals surface area contributed by atoms with Crippen molar-refractivity contribution in [2.24, 2.45) is 11.3 Å². The number of nitrogens with zero attached hydrogens (tertiary/aromatic N) is 1. The molecule has 4 nitrogen and oxygen atoms in total. The molecule has 1 saturated heterocycles. The lowest BCUT2D eigenvalue weighted by atomic mass is 9.69. The van der Waals surface area contributed by atoms with Gasteiger partial charge in [-0.15, -0.1) is 0 Å². The monoisotopic (exact) mass is 475 g/mol. The van der Waals surface area contributed by atoms with Crippen molar-refractivity contribution >= 4 is 11.5 Å². The topological polar surface area (TPSA) is 38.8 Å². The van der Waals surface area contributed by atoms with Crippen LogP contribution in [0.2, 0.25) is 0 Å². The zero-order valence-electron chi connectivity index (χ0n) is 22.0. The van der Waals surface area contributed by atoms with E-state index in [-0.39, 0.29) is 22.9 Å². The van der Waals surface area contributed by atoms with Crippen molar-refractivity contribution in [3.8, 4) is 0 Å². The molecular formula is C31H41NO3. The van der Waals surface area contributed by atoms with E-state index in [0.29, 0.717) is 18.9 Å². The number of fused-ring (bicyclic) bond motifs is 1. The Labute approximate surface area is 211 Å². The van der Waals surface area contributed by atoms with Crippen LogP contribution < -0.4 is 4.90 Å². The van der Waals surface area contributed by atoms with Gasteiger partial charge in [-0.1, -0.05) is 32.6 Å². The number of allylic oxidation sites excluding steroid dienone is 3. The number of carbonyl (C=O) groups excluding carboxylic acids is 1. The minimum Gasteiger partial charge on any atom is -0.378 e. The number of anilines is 1. The largest absolute Gasteiger partial charge is 0.378 e. The molecule has 0 aromatic heterocycles. The molecule has 188 valence electrons. The molecule has 2 unspecified atom stereocenters. The first-order valence-corrected chi connectivity index (χ1v) is 13.4. The Kier molecular flexibility index (Phi) is 6.56. The highest BCUT2D eigenvalue weighted by Crippen LogP contribution is 2.59. The third-order valence-corrected chi connectivity index (χ3v) is 9.47. The molecular weight excluding hydrogens is 434 g/mol. The second-order valence-electron chi connectivity index (χ2n) is 11.6. The van der Waals surface area contributed by atoms with E-state index in [1.807, 2.05) is 6.08 Å². The van der Waals surface area contributed by atoms with Gasteiger partial charge >= 0.3 is 0 Å². The molecule has 4 heteroatoms. The molecule has 4 atom stereocenters. The molecule has 1 aromatic rings. The average Bonchev–Trinajstić information content (AvgIpc) is 3.35. The molecule has 3 aliphatic carbocycles. The fourth-order valence-corrected chi connectivity index (χ4v) is 7.01. The molecule has 1 saturated carbocycles. The second kappa shape index (κ2) is 9.37. The van der Waals surface area contributed by atoms with Gasteiger partial charge < -0.3 is 14.4 Å². The molecule has 0 bridgehead atoms. The lowest BCUT2D eigenvalue weighted by molar-refractivity contribution is -0.115. The zero-order valence-corrected chi connectivity index (χ0v) is 22.0. The lowest BCUT2D eigenvalue weighted by Gasteiger charge is -2.44. The van der Waals surface area contributed by atoms with E-state index < -0.39 is 0 Å². The van der Waals surface area contributed by atoms with E-state index in [4.69, 9.17) is 9.47 Å². The highest BCUT2D eigenvalue weighted by atomic mass is 16.5. The van der Waals surface area contributed by atoms with Crippen LogP contribution in [-0.4, -0.2) is 38.7 Å². The molecule has 1 spiro atoms. The van der Waals surface area contributed by atoms with Crippen molar-refractivity contribution < 1.29 is 14.3 Å². The number of benzene rings is 1. The van der Waals surface area contributed by atoms with Gasteiger partial charge in [0.15, 0.2) is 5.78 Å². The van der Waals surface area contributed by atoms with Crippen molar-refractivity contribution in [2.75, 3.05) is 32.2 Å². The summed E-state index contributed by atoms with van der Waals surface area (Å²) >= 11 is 0. The van der Waals surface area contributed by atoms with Gasteiger partial charge in [0.1, 0.15) is 6.10 Å². The van der Waals surface area contributed by atoms with Crippen LogP contribution in [0.1, 0.15) is 76.9 Å². The van der Waals surface area contributed by atoms with Crippen molar-refractivity contribution in [3.63, 3.8) is 0 Å². The molecule has 5 rings (SSSR count). The SMILES string of the molecule is C=C1CCOC12CCC(C)[C@]2(C)CO[C@@H](C1=C2CCC(=O)C=C2CCC1)c1ccc(N(C)C)cc1. The van der Waals surface area contributed by atoms with Crippen LogP contribution in [0.15, 0.2) is 59.2 Å². The summed E-state index contributed by atoms with van der Waals surface area (Å²) in [6, 6.07) is 8.82. The van der Waals surface area contributed by atoms with Crippen LogP contribution in [0.4, 0.5) is 5.69 Å². The molecule has 0 N–H and O–H groups in total. The van der Waals surface area contributed by atoms with Gasteiger partial charge in [-0.3, -0.25) is 4.79 Å². The van der Waals surface area contributed by atoms with Gasteiger partial charge in [0.05, 0.1) is 18.8 Å². The van der Waals surface area contributed by atoms with E-state index in [1.165, 1.54) is 33.5 Å². The number of rotatable bonds is 6. The Balaban J connectivity index is 1.52. The predicted molar refractivity (Wildman–Crippen MR) is 142 cm³/mol. The zero-order chi connectivity index (χ0) is 24.8. The predicted octanol–water partition coefficient (Wildman–Crippen LogP) is 6.73. The number of carbonyl (C=O) groups is 1. The van der Waals surface area contributed by atoms with E-state index in [0.717, 1.165) is 51.6 Å². The lowest BCUT2D eigenvalue weighted by Crippen LogP contribution is -2.48. The van der Waals surface area contributed by atoms with E-state index in [2.05, 4.69) is 63.7 Å². The Morgan fingerprint density at radius 2 is 1.91 bits per heavy atom. The first kappa shape index (κ1) is 24.5. The normalized spacial score (nSPS) is 31.7. The van der Waals surface area contributed by atoms with Gasteiger partial charge in [-0.25, -0.2) is 0 Å². The molecule has 0 radical (unpaired) electrons. The maximum Gasteiger partial charge on any atom is 0.156 e. The second-order valence-corrected chi connectivity index (χ2v) is 11.6. The first-order chi connectivity index (χ1) is 16.7. The number of ether oxygens (including phenoxy) is 2. The summed E-state index contributed by atoms with van der Waals surface area (Å²) < 4.78 is 13.5. The van der Waals surface area contributed by atoms with Crippen molar-refractivity contribution in [2.45, 2.75) is 76.9 Å². The summed E-state index contributed by atoms with van der Waals surface area (Å²) in [5.74, 6) is 0.768. The summed E-state index contributed by atoms with van der Waals surface area (Å²) in [7, 11) is 4.14. The Morgan fingerprint density at radius 1 is 1.14 bits per heavy atom. The summed E-state index contributed by atoms with van der Waals surface area (Å²) in [6.45, 7) is 10.6. The van der Waals surface area contributed by atoms with E-state index >= 15 is 0 Å². The Hall–Kier alpha value is -2.17. The summed E-state index contributed by atoms with van der Waals surface area (Å²) in [4.78, 5) is 14.3. The minimum absolute atomic E-state index is 0.102. The van der Waals surface area contributed by atoms with Crippen LogP contribution >= 0.6 is 0 Å². The Bertz CT molecular complexity index is 1070. The van der Waals surface area contributed by atoms with E-state index in [1.54, 1.807) is 0 Å². The summed E-state index contributed by atoms with van der Waals surface area (Å²) in [6.07, 6.45) is 9.49. The van der Waals surface area contributed by atoms with Crippen LogP contribution in [0.3, 0.4) is 0 Å². The smallest absolute Gasteiger partial charge is 0.156 e. The van der Waals surface area contributed by atoms with Gasteiger partial charge in [0.2, 0.25) is 0 Å². The Morgan fingerprint density at radius 3 is 2.60 bits per heavy atom. The summed E-state index contributed by atoms with van der Waals surface area (Å²) in [5.41, 5.74) is 7.25. The van der Waals surface area contributed by atoms with Crippen LogP contribution in [0.25, 0.3) is 0 Å². The molecule has 4 aliphatic rings. The van der Waals surface area contributed by atoms with Crippen LogP contribution in [0, 0.1) is 11.3 Å².